The molecular formula is C17H25FN2O. The van der Waals surface area contributed by atoms with E-state index in [1.165, 1.54) is 12.1 Å². The summed E-state index contributed by atoms with van der Waals surface area (Å²) in [5, 5.41) is 0. The van der Waals surface area contributed by atoms with Gasteiger partial charge >= 0.3 is 0 Å². The Morgan fingerprint density at radius 1 is 1.29 bits per heavy atom. The maximum absolute atomic E-state index is 12.8. The number of ketones is 1. The molecule has 4 heteroatoms. The number of benzene rings is 1. The molecule has 0 bridgehead atoms. The summed E-state index contributed by atoms with van der Waals surface area (Å²) in [6, 6.07) is 6.70. The van der Waals surface area contributed by atoms with Crippen LogP contribution in [-0.4, -0.2) is 54.9 Å². The molecule has 2 rings (SSSR count). The normalized spacial score (nSPS) is 17.3. The van der Waals surface area contributed by atoms with Crippen LogP contribution in [0, 0.1) is 5.82 Å². The zero-order valence-electron chi connectivity index (χ0n) is 13.0. The van der Waals surface area contributed by atoms with E-state index in [2.05, 4.69) is 16.7 Å². The Balaban J connectivity index is 1.78. The van der Waals surface area contributed by atoms with Crippen molar-refractivity contribution in [3.63, 3.8) is 0 Å². The van der Waals surface area contributed by atoms with Gasteiger partial charge in [-0.3, -0.25) is 9.69 Å². The molecule has 3 nitrogen and oxygen atoms in total. The van der Waals surface area contributed by atoms with E-state index in [1.54, 1.807) is 12.1 Å². The lowest BCUT2D eigenvalue weighted by molar-refractivity contribution is -0.120. The first-order valence-corrected chi connectivity index (χ1v) is 7.77. The van der Waals surface area contributed by atoms with Crippen LogP contribution in [0.1, 0.15) is 25.3 Å². The summed E-state index contributed by atoms with van der Waals surface area (Å²) in [6.07, 6.45) is 2.65. The average molecular weight is 292 g/mol. The van der Waals surface area contributed by atoms with E-state index in [0.29, 0.717) is 19.0 Å². The maximum atomic E-state index is 12.8. The van der Waals surface area contributed by atoms with E-state index in [0.717, 1.165) is 38.0 Å². The van der Waals surface area contributed by atoms with Gasteiger partial charge in [-0.1, -0.05) is 19.1 Å². The molecule has 0 N–H and O–H groups in total. The van der Waals surface area contributed by atoms with E-state index in [-0.39, 0.29) is 11.6 Å². The van der Waals surface area contributed by atoms with Crippen molar-refractivity contribution in [2.75, 3.05) is 33.2 Å². The van der Waals surface area contributed by atoms with Crippen LogP contribution < -0.4 is 0 Å². The summed E-state index contributed by atoms with van der Waals surface area (Å²) in [5.74, 6) is -0.0620. The third-order valence-electron chi connectivity index (χ3n) is 4.37. The van der Waals surface area contributed by atoms with Gasteiger partial charge in [-0.15, -0.1) is 0 Å². The monoisotopic (exact) mass is 292 g/mol. The molecule has 1 heterocycles. The van der Waals surface area contributed by atoms with Crippen molar-refractivity contribution in [3.05, 3.63) is 35.6 Å². The first-order chi connectivity index (χ1) is 10.1. The lowest BCUT2D eigenvalue weighted by Crippen LogP contribution is -2.44. The van der Waals surface area contributed by atoms with Crippen molar-refractivity contribution in [1.29, 1.82) is 0 Å². The third-order valence-corrected chi connectivity index (χ3v) is 4.37. The van der Waals surface area contributed by atoms with Gasteiger partial charge in [0.1, 0.15) is 5.82 Å². The molecule has 1 fully saturated rings. The molecule has 1 aliphatic rings. The van der Waals surface area contributed by atoms with Crippen LogP contribution in [0.5, 0.6) is 0 Å². The third kappa shape index (κ3) is 4.90. The number of carbonyl (C=O) groups is 1. The fraction of sp³-hybridized carbons (Fsp3) is 0.588. The van der Waals surface area contributed by atoms with Crippen LogP contribution in [0.4, 0.5) is 4.39 Å². The Morgan fingerprint density at radius 2 is 1.90 bits per heavy atom. The molecule has 0 amide bonds. The molecule has 1 aliphatic heterocycles. The minimum atomic E-state index is -0.258. The van der Waals surface area contributed by atoms with E-state index >= 15 is 0 Å². The van der Waals surface area contributed by atoms with E-state index in [9.17, 15) is 9.18 Å². The molecule has 116 valence electrons. The molecule has 21 heavy (non-hydrogen) atoms. The molecule has 1 saturated heterocycles. The molecule has 0 spiro atoms. The molecule has 0 atom stereocenters. The number of likely N-dealkylation sites (tertiary alicyclic amines) is 1. The first-order valence-electron chi connectivity index (χ1n) is 7.77. The first kappa shape index (κ1) is 16.1. The van der Waals surface area contributed by atoms with Gasteiger partial charge in [0.25, 0.3) is 0 Å². The predicted molar refractivity (Wildman–Crippen MR) is 82.9 cm³/mol. The fourth-order valence-corrected chi connectivity index (χ4v) is 2.97. The van der Waals surface area contributed by atoms with Crippen LogP contribution in [0.3, 0.4) is 0 Å². The second-order valence-electron chi connectivity index (χ2n) is 5.92. The summed E-state index contributed by atoms with van der Waals surface area (Å²) >= 11 is 0. The topological polar surface area (TPSA) is 23.6 Å². The number of rotatable bonds is 6. The zero-order chi connectivity index (χ0) is 15.2. The van der Waals surface area contributed by atoms with E-state index in [4.69, 9.17) is 0 Å². The van der Waals surface area contributed by atoms with Gasteiger partial charge in [0.05, 0.1) is 6.54 Å². The van der Waals surface area contributed by atoms with Crippen LogP contribution >= 0.6 is 0 Å². The van der Waals surface area contributed by atoms with Crippen molar-refractivity contribution in [3.8, 4) is 0 Å². The molecule has 1 aromatic rings. The molecule has 0 radical (unpaired) electrons. The van der Waals surface area contributed by atoms with Gasteiger partial charge in [0, 0.05) is 12.5 Å². The number of hydrogen-bond donors (Lipinski definition) is 0. The van der Waals surface area contributed by atoms with Crippen molar-refractivity contribution in [2.24, 2.45) is 0 Å². The Morgan fingerprint density at radius 3 is 2.48 bits per heavy atom. The lowest BCUT2D eigenvalue weighted by atomic mass is 10.0. The SMILES string of the molecule is CCN1CCC(N(C)CC(=O)Cc2ccc(F)cc2)CC1. The summed E-state index contributed by atoms with van der Waals surface area (Å²) in [5.41, 5.74) is 0.885. The molecule has 0 aromatic heterocycles. The fourth-order valence-electron chi connectivity index (χ4n) is 2.97. The average Bonchev–Trinajstić information content (AvgIpc) is 2.49. The number of piperidine rings is 1. The molecular weight excluding hydrogens is 267 g/mol. The summed E-state index contributed by atoms with van der Waals surface area (Å²) in [4.78, 5) is 16.8. The zero-order valence-corrected chi connectivity index (χ0v) is 13.0. The second-order valence-corrected chi connectivity index (χ2v) is 5.92. The Labute approximate surface area is 126 Å². The Kier molecular flexibility index (Phi) is 5.88. The van der Waals surface area contributed by atoms with Crippen molar-refractivity contribution < 1.29 is 9.18 Å². The summed E-state index contributed by atoms with van der Waals surface area (Å²) < 4.78 is 12.8. The number of hydrogen-bond acceptors (Lipinski definition) is 3. The van der Waals surface area contributed by atoms with Crippen molar-refractivity contribution in [2.45, 2.75) is 32.2 Å². The standard InChI is InChI=1S/C17H25FN2O/c1-3-20-10-8-16(9-11-20)19(2)13-17(21)12-14-4-6-15(18)7-5-14/h4-7,16H,3,8-13H2,1-2H3. The highest BCUT2D eigenvalue weighted by molar-refractivity contribution is 5.82. The Bertz CT molecular complexity index is 452. The summed E-state index contributed by atoms with van der Waals surface area (Å²) in [6.45, 7) is 6.03. The quantitative estimate of drug-likeness (QED) is 0.804. The minimum Gasteiger partial charge on any atom is -0.303 e. The number of Topliss-reactive ketones (excluding diaryl/α,β-unsaturated/α-hetero) is 1. The van der Waals surface area contributed by atoms with Gasteiger partial charge in [-0.25, -0.2) is 4.39 Å². The van der Waals surface area contributed by atoms with Gasteiger partial charge in [0.2, 0.25) is 0 Å². The highest BCUT2D eigenvalue weighted by atomic mass is 19.1. The van der Waals surface area contributed by atoms with Gasteiger partial charge in [-0.2, -0.15) is 0 Å². The van der Waals surface area contributed by atoms with Crippen molar-refractivity contribution >= 4 is 5.78 Å². The highest BCUT2D eigenvalue weighted by Gasteiger charge is 2.22. The smallest absolute Gasteiger partial charge is 0.151 e. The number of halogens is 1. The van der Waals surface area contributed by atoms with Crippen molar-refractivity contribution in [1.82, 2.24) is 9.80 Å². The lowest BCUT2D eigenvalue weighted by Gasteiger charge is -2.36. The van der Waals surface area contributed by atoms with E-state index in [1.807, 2.05) is 7.05 Å². The van der Waals surface area contributed by atoms with E-state index < -0.39 is 0 Å². The molecule has 0 aliphatic carbocycles. The maximum Gasteiger partial charge on any atom is 0.151 e. The van der Waals surface area contributed by atoms with Crippen LogP contribution in [0.15, 0.2) is 24.3 Å². The van der Waals surface area contributed by atoms with Gasteiger partial charge < -0.3 is 4.90 Å². The van der Waals surface area contributed by atoms with Gasteiger partial charge in [0.15, 0.2) is 5.78 Å². The second kappa shape index (κ2) is 7.66. The Hall–Kier alpha value is -1.26. The highest BCUT2D eigenvalue weighted by Crippen LogP contribution is 2.15. The van der Waals surface area contributed by atoms with Crippen LogP contribution in [0.25, 0.3) is 0 Å². The summed E-state index contributed by atoms with van der Waals surface area (Å²) in [7, 11) is 2.04. The number of nitrogens with zero attached hydrogens (tertiary/aromatic N) is 2. The largest absolute Gasteiger partial charge is 0.303 e. The molecule has 0 unspecified atom stereocenters. The number of carbonyl (C=O) groups excluding carboxylic acids is 1. The number of likely N-dealkylation sites (N-methyl/N-ethyl adjacent to an activating group) is 1. The van der Waals surface area contributed by atoms with Crippen LogP contribution in [-0.2, 0) is 11.2 Å². The molecule has 1 aromatic carbocycles. The molecule has 0 saturated carbocycles. The minimum absolute atomic E-state index is 0.196. The van der Waals surface area contributed by atoms with Crippen LogP contribution in [0.2, 0.25) is 0 Å². The predicted octanol–water partition coefficient (Wildman–Crippen LogP) is 2.35. The van der Waals surface area contributed by atoms with Gasteiger partial charge in [-0.05, 0) is 57.2 Å².